The Hall–Kier alpha value is -12.2. The van der Waals surface area contributed by atoms with E-state index in [0.29, 0.717) is 127 Å². The van der Waals surface area contributed by atoms with Crippen LogP contribution in [-0.4, -0.2) is 125 Å². The van der Waals surface area contributed by atoms with E-state index >= 15 is 0 Å². The highest BCUT2D eigenvalue weighted by Gasteiger charge is 2.42. The van der Waals surface area contributed by atoms with Crippen LogP contribution in [0.4, 0.5) is 46.5 Å². The van der Waals surface area contributed by atoms with Crippen LogP contribution in [0.5, 0.6) is 5.75 Å². The highest BCUT2D eigenvalue weighted by atomic mass is 35.5. The predicted molar refractivity (Wildman–Crippen MR) is 570 cm³/mol. The summed E-state index contributed by atoms with van der Waals surface area (Å²) in [5.41, 5.74) is 4.44. The molecular formula is C110H145ClF4N10O17S3. The summed E-state index contributed by atoms with van der Waals surface area (Å²) in [5, 5.41) is 13.4. The average molecular weight is 2090 g/mol. The van der Waals surface area contributed by atoms with Gasteiger partial charge < -0.3 is 31.3 Å². The molecule has 10 rings (SSSR count). The standard InChI is InChI=1S/3C12H16O3S.C12H16O2.C11H12F2O.C11H16N2O.C10H13ClN2O.C10H12F2N2O.2C10H14N2O/c1-9(2)8-12(13)10-4-6-11(7-5-10)16-15-14-3;1-9(2)7-12(13)10-5-4-6-11(8-10)16-15-14-3;1-9(2)8-11(13)10-6-4-5-7-12(10)16(3,14)15;1-9(2)8-12(13)10-4-6-11(14-3)7-5-10;1-7(2)5-11(14)8-3-4-9(12)10(13)6-8;1-8(2)7-11(14)13-10-6-4-5-9(3)12-10;1-7(2)6-9(14)13-10-8(11)4-3-5-12-10;1-7(2)10(11,12)9(15)14-8-5-3-4-6-13-8;1-8(2)6-10(13)12-9-4-3-5-11-7-9;1-8(2)7-10(13)12-9-5-3-4-6-11-9/h4-7,9H,8H2,1-3H3;4-6,8-9H,7H2,1-3H3;4-7,9H,8H2,1-3H3;4-7,9H,8H2,1-3H3;3-4,6-7H,5H2,1-2H3;4-6,8H,7H2,1-3H3,(H,12,13,14);3-5,7H,6H2,1-2H3,(H,12,13,14);3-7H,1-2H3,(H,13,14,15);3-5,7-8H,6H2,1-2H3,(H,12,13);3-6,8H,7H2,1-2H3,(H,11,12,13). The lowest BCUT2D eigenvalue weighted by Gasteiger charge is -2.18. The van der Waals surface area contributed by atoms with Crippen LogP contribution in [0.2, 0.25) is 5.02 Å². The molecular weight excluding hydrogens is 1940 g/mol. The minimum atomic E-state index is -3.38. The number of pyridine rings is 5. The Morgan fingerprint density at radius 2 is 0.786 bits per heavy atom. The zero-order valence-electron chi connectivity index (χ0n) is 87.8. The molecule has 0 unspecified atom stereocenters. The van der Waals surface area contributed by atoms with Crippen molar-refractivity contribution >= 4 is 133 Å². The monoisotopic (exact) mass is 2080 g/mol. The van der Waals surface area contributed by atoms with Crippen molar-refractivity contribution < 1.29 is 97.1 Å². The summed E-state index contributed by atoms with van der Waals surface area (Å²) in [6.07, 6.45) is 13.7. The fraction of sp³-hybridized carbons (Fsp3) is 0.409. The molecule has 0 spiro atoms. The van der Waals surface area contributed by atoms with E-state index in [0.717, 1.165) is 86.1 Å². The minimum Gasteiger partial charge on any atom is -0.497 e. The number of ether oxygens (including phenoxy) is 1. The number of Topliss-reactive ketones (excluding diaryl/α,β-unsaturated/α-hetero) is 5. The van der Waals surface area contributed by atoms with Gasteiger partial charge in [-0.05, 0) is 194 Å². The number of anilines is 5. The second-order valence-electron chi connectivity index (χ2n) is 36.9. The number of methoxy groups -OCH3 is 1. The number of carbonyl (C=O) groups is 10. The highest BCUT2D eigenvalue weighted by Crippen LogP contribution is 2.28. The summed E-state index contributed by atoms with van der Waals surface area (Å²) in [5.74, 6) is -1.66. The van der Waals surface area contributed by atoms with Crippen LogP contribution in [0.3, 0.4) is 0 Å². The van der Waals surface area contributed by atoms with Crippen LogP contribution in [0.1, 0.15) is 254 Å². The summed E-state index contributed by atoms with van der Waals surface area (Å²) < 4.78 is 89.1. The quantitative estimate of drug-likeness (QED) is 0.00789. The van der Waals surface area contributed by atoms with Crippen LogP contribution in [0.15, 0.2) is 240 Å². The van der Waals surface area contributed by atoms with Crippen molar-refractivity contribution in [2.75, 3.05) is 54.2 Å². The van der Waals surface area contributed by atoms with Gasteiger partial charge in [0.2, 0.25) is 23.6 Å². The largest absolute Gasteiger partial charge is 0.497 e. The molecule has 0 aliphatic rings. The first-order chi connectivity index (χ1) is 68.2. The molecule has 0 fully saturated rings. The third-order valence-electron chi connectivity index (χ3n) is 18.3. The topological polar surface area (TPSA) is 376 Å². The van der Waals surface area contributed by atoms with Gasteiger partial charge in [0.05, 0.1) is 67.2 Å². The lowest BCUT2D eigenvalue weighted by atomic mass is 10.0. The maximum absolute atomic E-state index is 13.2. The second-order valence-corrected chi connectivity index (χ2v) is 40.8. The molecule has 0 saturated carbocycles. The van der Waals surface area contributed by atoms with E-state index in [2.05, 4.69) is 61.3 Å². The molecule has 0 radical (unpaired) electrons. The van der Waals surface area contributed by atoms with E-state index in [1.54, 1.807) is 92.6 Å². The first kappa shape index (κ1) is 131. The van der Waals surface area contributed by atoms with Gasteiger partial charge in [-0.1, -0.05) is 211 Å². The third kappa shape index (κ3) is 61.0. The Kier molecular flexibility index (Phi) is 65.1. The van der Waals surface area contributed by atoms with Crippen LogP contribution in [0.25, 0.3) is 0 Å². The number of alkyl halides is 2. The Bertz CT molecular complexity index is 5580. The van der Waals surface area contributed by atoms with Gasteiger partial charge in [-0.2, -0.15) is 17.4 Å². The molecule has 0 bridgehead atoms. The van der Waals surface area contributed by atoms with Crippen LogP contribution >= 0.6 is 35.7 Å². The molecule has 145 heavy (non-hydrogen) atoms. The summed E-state index contributed by atoms with van der Waals surface area (Å²) >= 11 is 8.05. The molecule has 10 aromatic rings. The molecule has 0 aliphatic heterocycles. The van der Waals surface area contributed by atoms with Gasteiger partial charge >= 0.3 is 5.92 Å². The fourth-order valence-electron chi connectivity index (χ4n) is 11.6. The molecule has 5 heterocycles. The molecule has 35 heteroatoms. The van der Waals surface area contributed by atoms with E-state index in [9.17, 15) is 73.9 Å². The van der Waals surface area contributed by atoms with Gasteiger partial charge in [0, 0.05) is 138 Å². The van der Waals surface area contributed by atoms with Crippen molar-refractivity contribution in [1.29, 1.82) is 0 Å². The minimum absolute atomic E-state index is 0.0219. The highest BCUT2D eigenvalue weighted by molar-refractivity contribution is 7.94. The zero-order valence-corrected chi connectivity index (χ0v) is 91.0. The second kappa shape index (κ2) is 72.2. The number of nitrogens with one attached hydrogen (secondary N) is 5. The van der Waals surface area contributed by atoms with Gasteiger partial charge in [0.1, 0.15) is 23.2 Å². The number of aryl methyl sites for hydroxylation is 1. The molecule has 5 aromatic carbocycles. The van der Waals surface area contributed by atoms with Gasteiger partial charge in [-0.15, -0.1) is 0 Å². The molecule has 790 valence electrons. The summed E-state index contributed by atoms with van der Waals surface area (Å²) in [7, 11) is 1.18. The first-order valence-electron chi connectivity index (χ1n) is 47.3. The molecule has 0 atom stereocenters. The van der Waals surface area contributed by atoms with E-state index in [4.69, 9.17) is 25.0 Å². The number of ketones is 5. The number of amides is 5. The molecule has 5 amide bonds. The average Bonchev–Trinajstić information content (AvgIpc) is 0.827. The Morgan fingerprint density at radius 3 is 1.21 bits per heavy atom. The number of sulfone groups is 1. The van der Waals surface area contributed by atoms with Crippen LogP contribution in [0, 0.1) is 77.7 Å². The number of halogens is 5. The lowest BCUT2D eigenvalue weighted by molar-refractivity contribution is -0.160. The molecule has 0 saturated heterocycles. The van der Waals surface area contributed by atoms with Gasteiger partial charge in [-0.3, -0.25) is 52.9 Å². The van der Waals surface area contributed by atoms with Crippen molar-refractivity contribution in [1.82, 2.24) is 24.9 Å². The van der Waals surface area contributed by atoms with Gasteiger partial charge in [0.15, 0.2) is 56.2 Å². The maximum Gasteiger partial charge on any atom is 0.327 e. The van der Waals surface area contributed by atoms with Crippen LogP contribution < -0.4 is 31.3 Å². The number of aromatic nitrogens is 5. The number of benzene rings is 5. The number of hydrogen-bond donors (Lipinski definition) is 5. The molecule has 5 aromatic heterocycles. The SMILES string of the molecule is CC(C)C(F)(F)C(=O)Nc1ccccn1.CC(C)CC(=O)Nc1ccccn1.CC(C)CC(=O)Nc1cccnc1.CC(C)CC(=O)Nc1ncccc1Cl.CC(C)CC(=O)c1ccc(F)c(F)c1.CC(C)CC(=O)c1ccccc1S(C)(=O)=O.COOSc1ccc(C(=O)CC(C)C)cc1.COOSc1cccc(C(=O)CC(C)C)c1.COc1ccc(C(=O)CC(C)C)cc1.Cc1cccc(NC(=O)CC(C)C)n1. The smallest absolute Gasteiger partial charge is 0.327 e. The Morgan fingerprint density at radius 1 is 0.386 bits per heavy atom. The third-order valence-corrected chi connectivity index (χ3v) is 21.1. The van der Waals surface area contributed by atoms with Crippen molar-refractivity contribution in [3.63, 3.8) is 0 Å². The Balaban J connectivity index is 0.000000806. The number of carbonyl (C=O) groups excluding carboxylic acids is 10. The van der Waals surface area contributed by atoms with Crippen molar-refractivity contribution in [2.45, 2.75) is 224 Å². The maximum atomic E-state index is 13.2. The first-order valence-corrected chi connectivity index (χ1v) is 51.1. The van der Waals surface area contributed by atoms with E-state index in [-0.39, 0.29) is 80.7 Å². The van der Waals surface area contributed by atoms with Crippen molar-refractivity contribution in [2.24, 2.45) is 59.2 Å². The van der Waals surface area contributed by atoms with Crippen molar-refractivity contribution in [3.05, 3.63) is 275 Å². The summed E-state index contributed by atoms with van der Waals surface area (Å²) in [6, 6.07) is 54.2. The summed E-state index contributed by atoms with van der Waals surface area (Å²) in [6.45, 7) is 40.4. The number of nitrogens with zero attached hydrogens (tertiary/aromatic N) is 5. The number of hydrogen-bond acceptors (Lipinski definition) is 24. The molecule has 0 aliphatic carbocycles. The fourth-order valence-corrected chi connectivity index (χ4v) is 13.5. The van der Waals surface area contributed by atoms with Gasteiger partial charge in [0.25, 0.3) is 5.91 Å². The van der Waals surface area contributed by atoms with E-state index in [1.807, 2.05) is 235 Å². The molecule has 5 N–H and O–H groups in total. The van der Waals surface area contributed by atoms with Crippen LogP contribution in [-0.2, 0) is 52.3 Å². The van der Waals surface area contributed by atoms with E-state index < -0.39 is 39.2 Å². The summed E-state index contributed by atoms with van der Waals surface area (Å²) in [4.78, 5) is 146. The normalized spacial score (nSPS) is 10.7. The van der Waals surface area contributed by atoms with Gasteiger partial charge in [-0.25, -0.2) is 46.9 Å². The van der Waals surface area contributed by atoms with E-state index in [1.165, 1.54) is 52.5 Å². The predicted octanol–water partition coefficient (Wildman–Crippen LogP) is 27.0. The Labute approximate surface area is 867 Å². The zero-order chi connectivity index (χ0) is 109. The number of rotatable bonds is 38. The van der Waals surface area contributed by atoms with Crippen molar-refractivity contribution in [3.8, 4) is 5.75 Å². The lowest BCUT2D eigenvalue weighted by Crippen LogP contribution is -2.39. The molecule has 27 nitrogen and oxygen atoms in total.